The van der Waals surface area contributed by atoms with Crippen molar-refractivity contribution in [1.82, 2.24) is 25.4 Å². The van der Waals surface area contributed by atoms with E-state index in [0.717, 1.165) is 12.4 Å². The number of halogens is 4. The van der Waals surface area contributed by atoms with Crippen LogP contribution in [0.5, 0.6) is 0 Å². The van der Waals surface area contributed by atoms with Gasteiger partial charge in [-0.1, -0.05) is 49.7 Å². The normalized spacial score (nSPS) is 13.2. The predicted octanol–water partition coefficient (Wildman–Crippen LogP) is 4.99. The van der Waals surface area contributed by atoms with Gasteiger partial charge in [-0.3, -0.25) is 4.79 Å². The first-order chi connectivity index (χ1) is 14.4. The van der Waals surface area contributed by atoms with Crippen LogP contribution in [0.1, 0.15) is 61.4 Å². The number of benzene rings is 1. The highest BCUT2D eigenvalue weighted by atomic mass is 35.5. The van der Waals surface area contributed by atoms with Crippen molar-refractivity contribution in [1.29, 1.82) is 0 Å². The van der Waals surface area contributed by atoms with E-state index in [1.807, 2.05) is 20.8 Å². The lowest BCUT2D eigenvalue weighted by Crippen LogP contribution is -2.29. The SMILES string of the molecule is C[C@@H](NC(=O)c1nc(C(C)(C)C)no1)c1ccc(-c2cc(Cl)ncn2)cc1C(F)(F)F. The molecule has 31 heavy (non-hydrogen) atoms. The molecule has 1 atom stereocenters. The Balaban J connectivity index is 1.90. The number of aromatic nitrogens is 4. The molecule has 1 N–H and O–H groups in total. The van der Waals surface area contributed by atoms with Crippen LogP contribution in [0.25, 0.3) is 11.3 Å². The second-order valence-corrected chi connectivity index (χ2v) is 8.28. The molecular formula is C20H19ClF3N5O2. The number of alkyl halides is 3. The van der Waals surface area contributed by atoms with Gasteiger partial charge in [0.05, 0.1) is 17.3 Å². The smallest absolute Gasteiger partial charge is 0.341 e. The minimum atomic E-state index is -4.66. The zero-order chi connectivity index (χ0) is 23.0. The minimum Gasteiger partial charge on any atom is -0.341 e. The standard InChI is InChI=1S/C20H19ClF3N5O2/c1-10(27-16(30)17-28-18(29-31-17)19(2,3)4)12-6-5-11(7-13(12)20(22,23)24)14-8-15(21)26-9-25-14/h5-10H,1-4H3,(H,27,30)/t10-/m1/s1. The maximum absolute atomic E-state index is 13.8. The molecule has 2 heterocycles. The maximum atomic E-state index is 13.8. The average Bonchev–Trinajstić information content (AvgIpc) is 3.17. The molecule has 2 aromatic heterocycles. The quantitative estimate of drug-likeness (QED) is 0.559. The Kier molecular flexibility index (Phi) is 6.04. The Morgan fingerprint density at radius 2 is 1.87 bits per heavy atom. The molecule has 1 amide bonds. The highest BCUT2D eigenvalue weighted by Crippen LogP contribution is 2.37. The van der Waals surface area contributed by atoms with Crippen molar-refractivity contribution < 1.29 is 22.5 Å². The minimum absolute atomic E-state index is 0.109. The third-order valence-corrected chi connectivity index (χ3v) is 4.60. The zero-order valence-electron chi connectivity index (χ0n) is 17.1. The molecule has 7 nitrogen and oxygen atoms in total. The number of carbonyl (C=O) groups excluding carboxylic acids is 1. The van der Waals surface area contributed by atoms with Gasteiger partial charge >= 0.3 is 18.0 Å². The van der Waals surface area contributed by atoms with Gasteiger partial charge < -0.3 is 9.84 Å². The second kappa shape index (κ2) is 8.26. The van der Waals surface area contributed by atoms with Gasteiger partial charge in [-0.05, 0) is 18.6 Å². The molecule has 0 spiro atoms. The molecule has 0 bridgehead atoms. The number of nitrogens with zero attached hydrogens (tertiary/aromatic N) is 4. The third kappa shape index (κ3) is 5.19. The molecule has 0 aliphatic rings. The lowest BCUT2D eigenvalue weighted by atomic mass is 9.96. The van der Waals surface area contributed by atoms with Gasteiger partial charge in [0.15, 0.2) is 5.82 Å². The number of hydrogen-bond donors (Lipinski definition) is 1. The Labute approximate surface area is 181 Å². The first-order valence-electron chi connectivity index (χ1n) is 9.20. The summed E-state index contributed by atoms with van der Waals surface area (Å²) in [4.78, 5) is 24.1. The van der Waals surface area contributed by atoms with Crippen LogP contribution in [0.2, 0.25) is 5.15 Å². The molecule has 3 rings (SSSR count). The Morgan fingerprint density at radius 3 is 2.45 bits per heavy atom. The molecule has 1 aromatic carbocycles. The van der Waals surface area contributed by atoms with E-state index in [1.54, 1.807) is 0 Å². The number of rotatable bonds is 4. The average molecular weight is 454 g/mol. The Bertz CT molecular complexity index is 1110. The van der Waals surface area contributed by atoms with Crippen LogP contribution >= 0.6 is 11.6 Å². The van der Waals surface area contributed by atoms with E-state index in [4.69, 9.17) is 16.1 Å². The summed E-state index contributed by atoms with van der Waals surface area (Å²) in [6.07, 6.45) is -3.50. The van der Waals surface area contributed by atoms with Gasteiger partial charge in [0, 0.05) is 17.0 Å². The fraction of sp³-hybridized carbons (Fsp3) is 0.350. The van der Waals surface area contributed by atoms with Crippen molar-refractivity contribution in [3.05, 3.63) is 58.6 Å². The topological polar surface area (TPSA) is 93.8 Å². The third-order valence-electron chi connectivity index (χ3n) is 4.39. The summed E-state index contributed by atoms with van der Waals surface area (Å²) < 4.78 is 46.3. The largest absolute Gasteiger partial charge is 0.416 e. The Morgan fingerprint density at radius 1 is 1.16 bits per heavy atom. The van der Waals surface area contributed by atoms with Gasteiger partial charge in [-0.25, -0.2) is 9.97 Å². The van der Waals surface area contributed by atoms with Crippen LogP contribution < -0.4 is 5.32 Å². The first-order valence-corrected chi connectivity index (χ1v) is 9.58. The highest BCUT2D eigenvalue weighted by Gasteiger charge is 2.35. The monoisotopic (exact) mass is 453 g/mol. The first kappa shape index (κ1) is 22.7. The van der Waals surface area contributed by atoms with Crippen LogP contribution in [0.15, 0.2) is 35.1 Å². The van der Waals surface area contributed by atoms with Gasteiger partial charge in [0.25, 0.3) is 0 Å². The highest BCUT2D eigenvalue weighted by molar-refractivity contribution is 6.29. The van der Waals surface area contributed by atoms with Crippen molar-refractivity contribution in [2.45, 2.75) is 45.3 Å². The van der Waals surface area contributed by atoms with E-state index in [-0.39, 0.29) is 27.9 Å². The van der Waals surface area contributed by atoms with E-state index in [9.17, 15) is 18.0 Å². The van der Waals surface area contributed by atoms with Crippen LogP contribution in [0, 0.1) is 0 Å². The molecule has 0 saturated heterocycles. The number of hydrogen-bond acceptors (Lipinski definition) is 6. The number of carbonyl (C=O) groups is 1. The van der Waals surface area contributed by atoms with Crippen LogP contribution in [-0.4, -0.2) is 26.0 Å². The molecule has 0 saturated carbocycles. The van der Waals surface area contributed by atoms with Gasteiger partial charge in [0.2, 0.25) is 0 Å². The fourth-order valence-corrected chi connectivity index (χ4v) is 2.93. The van der Waals surface area contributed by atoms with Gasteiger partial charge in [-0.15, -0.1) is 0 Å². The summed E-state index contributed by atoms with van der Waals surface area (Å²) in [6.45, 7) is 6.95. The van der Waals surface area contributed by atoms with Crippen molar-refractivity contribution in [3.63, 3.8) is 0 Å². The van der Waals surface area contributed by atoms with Crippen molar-refractivity contribution in [3.8, 4) is 11.3 Å². The molecule has 0 radical (unpaired) electrons. The number of amides is 1. The predicted molar refractivity (Wildman–Crippen MR) is 106 cm³/mol. The Hall–Kier alpha value is -3.01. The zero-order valence-corrected chi connectivity index (χ0v) is 17.8. The van der Waals surface area contributed by atoms with E-state index < -0.39 is 29.1 Å². The van der Waals surface area contributed by atoms with E-state index in [0.29, 0.717) is 5.82 Å². The van der Waals surface area contributed by atoms with E-state index in [1.165, 1.54) is 25.1 Å². The van der Waals surface area contributed by atoms with Crippen molar-refractivity contribution in [2.75, 3.05) is 0 Å². The molecule has 3 aromatic rings. The molecule has 0 aliphatic heterocycles. The van der Waals surface area contributed by atoms with E-state index in [2.05, 4.69) is 25.4 Å². The van der Waals surface area contributed by atoms with Crippen molar-refractivity contribution >= 4 is 17.5 Å². The fourth-order valence-electron chi connectivity index (χ4n) is 2.79. The van der Waals surface area contributed by atoms with Gasteiger partial charge in [-0.2, -0.15) is 18.2 Å². The molecule has 11 heteroatoms. The molecular weight excluding hydrogens is 435 g/mol. The summed E-state index contributed by atoms with van der Waals surface area (Å²) >= 11 is 5.81. The molecule has 0 fully saturated rings. The maximum Gasteiger partial charge on any atom is 0.416 e. The summed E-state index contributed by atoms with van der Waals surface area (Å²) in [7, 11) is 0. The summed E-state index contributed by atoms with van der Waals surface area (Å²) in [5.74, 6) is -0.776. The van der Waals surface area contributed by atoms with Crippen LogP contribution in [0.4, 0.5) is 13.2 Å². The molecule has 0 aliphatic carbocycles. The lowest BCUT2D eigenvalue weighted by molar-refractivity contribution is -0.138. The summed E-state index contributed by atoms with van der Waals surface area (Å²) in [5, 5.41) is 6.33. The van der Waals surface area contributed by atoms with Crippen molar-refractivity contribution in [2.24, 2.45) is 0 Å². The summed E-state index contributed by atoms with van der Waals surface area (Å²) in [6, 6.07) is 4.09. The van der Waals surface area contributed by atoms with Gasteiger partial charge in [0.1, 0.15) is 11.5 Å². The molecule has 164 valence electrons. The summed E-state index contributed by atoms with van der Waals surface area (Å²) in [5.41, 5.74) is -1.02. The second-order valence-electron chi connectivity index (χ2n) is 7.89. The molecule has 0 unspecified atom stereocenters. The van der Waals surface area contributed by atoms with Crippen LogP contribution in [-0.2, 0) is 11.6 Å². The van der Waals surface area contributed by atoms with E-state index >= 15 is 0 Å². The van der Waals surface area contributed by atoms with Crippen LogP contribution in [0.3, 0.4) is 0 Å². The lowest BCUT2D eigenvalue weighted by Gasteiger charge is -2.20. The number of nitrogens with one attached hydrogen (secondary N) is 1.